The number of carbonyl (C=O) groups is 3. The predicted octanol–water partition coefficient (Wildman–Crippen LogP) is 3.19. The van der Waals surface area contributed by atoms with E-state index >= 15 is 0 Å². The predicted molar refractivity (Wildman–Crippen MR) is 115 cm³/mol. The van der Waals surface area contributed by atoms with Gasteiger partial charge in [-0.3, -0.25) is 14.2 Å². The van der Waals surface area contributed by atoms with Gasteiger partial charge in [0, 0.05) is 12.6 Å². The van der Waals surface area contributed by atoms with Gasteiger partial charge in [-0.2, -0.15) is 0 Å². The molecule has 30 heavy (non-hydrogen) atoms. The van der Waals surface area contributed by atoms with E-state index in [9.17, 15) is 14.4 Å². The Morgan fingerprint density at radius 3 is 2.83 bits per heavy atom. The molecule has 0 saturated carbocycles. The SMILES string of the molecule is CCOC(=O)c1ccsc1NC(=O)CSc1nncn1-c1cccc(NC(C)=O)c1. The number of ether oxygens (including phenoxy) is 1. The first-order valence-electron chi connectivity index (χ1n) is 8.93. The summed E-state index contributed by atoms with van der Waals surface area (Å²) < 4.78 is 6.71. The van der Waals surface area contributed by atoms with Crippen molar-refractivity contribution in [2.75, 3.05) is 23.0 Å². The number of hydrogen-bond donors (Lipinski definition) is 2. The maximum Gasteiger partial charge on any atom is 0.341 e. The topological polar surface area (TPSA) is 115 Å². The van der Waals surface area contributed by atoms with Crippen LogP contribution in [0.1, 0.15) is 24.2 Å². The monoisotopic (exact) mass is 445 g/mol. The lowest BCUT2D eigenvalue weighted by molar-refractivity contribution is -0.114. The molecule has 0 saturated heterocycles. The van der Waals surface area contributed by atoms with Gasteiger partial charge in [-0.25, -0.2) is 4.79 Å². The summed E-state index contributed by atoms with van der Waals surface area (Å²) in [6.45, 7) is 3.42. The fourth-order valence-electron chi connectivity index (χ4n) is 2.51. The minimum atomic E-state index is -0.472. The number of benzene rings is 1. The molecular weight excluding hydrogens is 426 g/mol. The molecule has 0 bridgehead atoms. The highest BCUT2D eigenvalue weighted by atomic mass is 32.2. The third kappa shape index (κ3) is 5.45. The molecule has 3 rings (SSSR count). The van der Waals surface area contributed by atoms with Crippen LogP contribution in [-0.2, 0) is 14.3 Å². The summed E-state index contributed by atoms with van der Waals surface area (Å²) in [4.78, 5) is 35.6. The van der Waals surface area contributed by atoms with Crippen LogP contribution >= 0.6 is 23.1 Å². The smallest absolute Gasteiger partial charge is 0.341 e. The van der Waals surface area contributed by atoms with E-state index in [4.69, 9.17) is 4.74 Å². The molecule has 3 aromatic rings. The van der Waals surface area contributed by atoms with Crippen LogP contribution in [0.25, 0.3) is 5.69 Å². The van der Waals surface area contributed by atoms with Crippen LogP contribution in [0.15, 0.2) is 47.2 Å². The summed E-state index contributed by atoms with van der Waals surface area (Å²) in [7, 11) is 0. The van der Waals surface area contributed by atoms with E-state index in [0.717, 1.165) is 5.69 Å². The molecular formula is C19H19N5O4S2. The molecule has 0 aliphatic rings. The largest absolute Gasteiger partial charge is 0.462 e. The molecule has 0 atom stereocenters. The molecule has 0 unspecified atom stereocenters. The Morgan fingerprint density at radius 2 is 2.07 bits per heavy atom. The number of anilines is 2. The zero-order chi connectivity index (χ0) is 21.5. The Balaban J connectivity index is 1.65. The number of carbonyl (C=O) groups excluding carboxylic acids is 3. The molecule has 0 radical (unpaired) electrons. The number of aromatic nitrogens is 3. The second kappa shape index (κ2) is 10.0. The third-order valence-electron chi connectivity index (χ3n) is 3.71. The Hall–Kier alpha value is -3.18. The third-order valence-corrected chi connectivity index (χ3v) is 5.48. The van der Waals surface area contributed by atoms with Crippen LogP contribution in [0.4, 0.5) is 10.7 Å². The molecule has 0 fully saturated rings. The second-order valence-corrected chi connectivity index (χ2v) is 7.79. The van der Waals surface area contributed by atoms with Crippen LogP contribution in [0, 0.1) is 0 Å². The summed E-state index contributed by atoms with van der Waals surface area (Å²) in [6.07, 6.45) is 1.53. The fourth-order valence-corrected chi connectivity index (χ4v) is 4.03. The van der Waals surface area contributed by atoms with Crippen molar-refractivity contribution >= 4 is 51.6 Å². The molecule has 2 amide bonds. The number of amides is 2. The Labute approximate surface area is 180 Å². The van der Waals surface area contributed by atoms with Gasteiger partial charge in [-0.1, -0.05) is 17.8 Å². The van der Waals surface area contributed by atoms with Crippen LogP contribution < -0.4 is 10.6 Å². The molecule has 2 heterocycles. The number of nitrogens with zero attached hydrogens (tertiary/aromatic N) is 3. The Morgan fingerprint density at radius 1 is 1.23 bits per heavy atom. The highest BCUT2D eigenvalue weighted by molar-refractivity contribution is 7.99. The van der Waals surface area contributed by atoms with Crippen molar-refractivity contribution in [1.82, 2.24) is 14.8 Å². The van der Waals surface area contributed by atoms with Crippen molar-refractivity contribution in [3.8, 4) is 5.69 Å². The van der Waals surface area contributed by atoms with Crippen LogP contribution in [-0.4, -0.2) is 44.9 Å². The van der Waals surface area contributed by atoms with Gasteiger partial charge in [-0.15, -0.1) is 21.5 Å². The van der Waals surface area contributed by atoms with Gasteiger partial charge >= 0.3 is 5.97 Å². The maximum atomic E-state index is 12.4. The molecule has 9 nitrogen and oxygen atoms in total. The first kappa shape index (κ1) is 21.5. The first-order chi connectivity index (χ1) is 14.5. The normalized spacial score (nSPS) is 10.5. The molecule has 0 aliphatic heterocycles. The van der Waals surface area contributed by atoms with E-state index < -0.39 is 5.97 Å². The number of thioether (sulfide) groups is 1. The van der Waals surface area contributed by atoms with Gasteiger partial charge in [-0.05, 0) is 36.6 Å². The fraction of sp³-hybridized carbons (Fsp3) is 0.211. The van der Waals surface area contributed by atoms with Crippen molar-refractivity contribution in [2.45, 2.75) is 19.0 Å². The first-order valence-corrected chi connectivity index (χ1v) is 10.8. The minimum Gasteiger partial charge on any atom is -0.462 e. The molecule has 0 spiro atoms. The lowest BCUT2D eigenvalue weighted by atomic mass is 10.2. The van der Waals surface area contributed by atoms with E-state index in [2.05, 4.69) is 20.8 Å². The van der Waals surface area contributed by atoms with E-state index in [0.29, 0.717) is 21.4 Å². The van der Waals surface area contributed by atoms with E-state index in [1.165, 1.54) is 36.3 Å². The molecule has 1 aromatic carbocycles. The molecule has 0 aliphatic carbocycles. The van der Waals surface area contributed by atoms with Crippen molar-refractivity contribution in [3.05, 3.63) is 47.6 Å². The van der Waals surface area contributed by atoms with Crippen LogP contribution in [0.2, 0.25) is 0 Å². The van der Waals surface area contributed by atoms with Gasteiger partial charge in [0.1, 0.15) is 11.3 Å². The minimum absolute atomic E-state index is 0.0737. The lowest BCUT2D eigenvalue weighted by Crippen LogP contribution is -2.16. The van der Waals surface area contributed by atoms with Gasteiger partial charge in [0.15, 0.2) is 5.16 Å². The number of rotatable bonds is 8. The van der Waals surface area contributed by atoms with Gasteiger partial charge in [0.25, 0.3) is 0 Å². The van der Waals surface area contributed by atoms with Gasteiger partial charge in [0.05, 0.1) is 23.6 Å². The average Bonchev–Trinajstić information content (AvgIpc) is 3.35. The summed E-state index contributed by atoms with van der Waals surface area (Å²) in [5.74, 6) is -0.850. The average molecular weight is 446 g/mol. The second-order valence-electron chi connectivity index (χ2n) is 5.94. The number of nitrogens with one attached hydrogen (secondary N) is 2. The molecule has 2 N–H and O–H groups in total. The molecule has 11 heteroatoms. The highest BCUT2D eigenvalue weighted by Crippen LogP contribution is 2.26. The number of esters is 1. The van der Waals surface area contributed by atoms with Gasteiger partial charge < -0.3 is 15.4 Å². The van der Waals surface area contributed by atoms with Crippen LogP contribution in [0.5, 0.6) is 0 Å². The number of thiophene rings is 1. The zero-order valence-corrected chi connectivity index (χ0v) is 17.9. The number of hydrogen-bond acceptors (Lipinski definition) is 8. The Kier molecular flexibility index (Phi) is 7.20. The zero-order valence-electron chi connectivity index (χ0n) is 16.2. The standard InChI is InChI=1S/C19H19N5O4S2/c1-3-28-18(27)15-7-8-29-17(15)22-16(26)10-30-19-23-20-11-24(19)14-6-4-5-13(9-14)21-12(2)25/h4-9,11H,3,10H2,1-2H3,(H,21,25)(H,22,26). The van der Waals surface area contributed by atoms with E-state index in [-0.39, 0.29) is 24.2 Å². The highest BCUT2D eigenvalue weighted by Gasteiger charge is 2.17. The summed E-state index contributed by atoms with van der Waals surface area (Å²) in [5, 5.41) is 16.1. The lowest BCUT2D eigenvalue weighted by Gasteiger charge is -2.09. The quantitative estimate of drug-likeness (QED) is 0.404. The van der Waals surface area contributed by atoms with Crippen molar-refractivity contribution in [1.29, 1.82) is 0 Å². The Bertz CT molecular complexity index is 1060. The summed E-state index contributed by atoms with van der Waals surface area (Å²) >= 11 is 2.45. The maximum absolute atomic E-state index is 12.4. The molecule has 156 valence electrons. The van der Waals surface area contributed by atoms with E-state index in [1.807, 2.05) is 6.07 Å². The molecule has 2 aromatic heterocycles. The summed E-state index contributed by atoms with van der Waals surface area (Å²) in [6, 6.07) is 8.82. The van der Waals surface area contributed by atoms with Crippen molar-refractivity contribution in [2.24, 2.45) is 0 Å². The van der Waals surface area contributed by atoms with Crippen LogP contribution in [0.3, 0.4) is 0 Å². The van der Waals surface area contributed by atoms with Crippen molar-refractivity contribution < 1.29 is 19.1 Å². The van der Waals surface area contributed by atoms with Crippen molar-refractivity contribution in [3.63, 3.8) is 0 Å². The van der Waals surface area contributed by atoms with E-state index in [1.54, 1.807) is 41.1 Å². The summed E-state index contributed by atoms with van der Waals surface area (Å²) in [5.41, 5.74) is 1.72. The van der Waals surface area contributed by atoms with Gasteiger partial charge in [0.2, 0.25) is 11.8 Å².